The Balaban J connectivity index is 2.82. The van der Waals surface area contributed by atoms with E-state index in [1.165, 1.54) is 6.08 Å². The van der Waals surface area contributed by atoms with Crippen molar-refractivity contribution in [2.75, 3.05) is 13.1 Å². The second-order valence-electron chi connectivity index (χ2n) is 3.76. The van der Waals surface area contributed by atoms with Crippen molar-refractivity contribution >= 4 is 5.78 Å². The number of carbonyl (C=O) groups excluding carboxylic acids is 1. The van der Waals surface area contributed by atoms with E-state index in [1.54, 1.807) is 0 Å². The fraction of sp³-hybridized carbons (Fsp3) is 0.700. The smallest absolute Gasteiger partial charge is 0.315 e. The molecule has 1 fully saturated rings. The topological polar surface area (TPSA) is 29.1 Å². The molecule has 1 atom stereocenters. The molecule has 0 spiro atoms. The number of rotatable bonds is 4. The van der Waals surface area contributed by atoms with Gasteiger partial charge in [0, 0.05) is 13.0 Å². The Labute approximate surface area is 86.5 Å². The zero-order chi connectivity index (χ0) is 11.5. The van der Waals surface area contributed by atoms with Crippen LogP contribution in [-0.2, 0) is 4.79 Å². The fourth-order valence-electron chi connectivity index (χ4n) is 1.80. The van der Waals surface area contributed by atoms with E-state index < -0.39 is 17.4 Å². The zero-order valence-electron chi connectivity index (χ0n) is 8.36. The standard InChI is InChI=1S/C10H14F3NO/c1-2-3-4-8(15)9(10(11,12)13)5-6-14-7-9/h2,14H,1,3-7H2. The summed E-state index contributed by atoms with van der Waals surface area (Å²) in [5.41, 5.74) is -2.16. The molecule has 0 aromatic rings. The molecule has 5 heteroatoms. The molecular weight excluding hydrogens is 207 g/mol. The van der Waals surface area contributed by atoms with Crippen LogP contribution >= 0.6 is 0 Å². The third kappa shape index (κ3) is 2.22. The van der Waals surface area contributed by atoms with Gasteiger partial charge in [0.25, 0.3) is 0 Å². The van der Waals surface area contributed by atoms with Crippen molar-refractivity contribution in [2.24, 2.45) is 5.41 Å². The zero-order valence-corrected chi connectivity index (χ0v) is 8.36. The van der Waals surface area contributed by atoms with E-state index in [0.717, 1.165) is 0 Å². The van der Waals surface area contributed by atoms with Crippen molar-refractivity contribution in [3.8, 4) is 0 Å². The van der Waals surface area contributed by atoms with Gasteiger partial charge in [0.15, 0.2) is 0 Å². The lowest BCUT2D eigenvalue weighted by Crippen LogP contribution is -2.46. The number of Topliss-reactive ketones (excluding diaryl/α,β-unsaturated/α-hetero) is 1. The van der Waals surface area contributed by atoms with E-state index in [4.69, 9.17) is 0 Å². The quantitative estimate of drug-likeness (QED) is 0.736. The maximum atomic E-state index is 12.8. The summed E-state index contributed by atoms with van der Waals surface area (Å²) in [6.45, 7) is 3.36. The van der Waals surface area contributed by atoms with Crippen molar-refractivity contribution in [3.05, 3.63) is 12.7 Å². The molecule has 0 aromatic heterocycles. The van der Waals surface area contributed by atoms with Gasteiger partial charge in [-0.1, -0.05) is 6.08 Å². The average molecular weight is 221 g/mol. The van der Waals surface area contributed by atoms with Crippen LogP contribution in [0.2, 0.25) is 0 Å². The highest BCUT2D eigenvalue weighted by molar-refractivity contribution is 5.86. The molecule has 2 nitrogen and oxygen atoms in total. The minimum Gasteiger partial charge on any atom is -0.315 e. The van der Waals surface area contributed by atoms with Gasteiger partial charge in [-0.05, 0) is 19.4 Å². The van der Waals surface area contributed by atoms with Crippen LogP contribution in [0.4, 0.5) is 13.2 Å². The molecule has 0 aliphatic carbocycles. The summed E-state index contributed by atoms with van der Waals surface area (Å²) in [5, 5.41) is 2.61. The Hall–Kier alpha value is -0.840. The van der Waals surface area contributed by atoms with Gasteiger partial charge in [0.2, 0.25) is 0 Å². The van der Waals surface area contributed by atoms with Gasteiger partial charge in [-0.25, -0.2) is 0 Å². The van der Waals surface area contributed by atoms with Gasteiger partial charge in [-0.15, -0.1) is 6.58 Å². The normalized spacial score (nSPS) is 26.6. The van der Waals surface area contributed by atoms with E-state index in [2.05, 4.69) is 11.9 Å². The number of alkyl halides is 3. The molecule has 1 aliphatic rings. The van der Waals surface area contributed by atoms with Crippen LogP contribution in [-0.4, -0.2) is 25.0 Å². The van der Waals surface area contributed by atoms with E-state index in [1.807, 2.05) is 0 Å². The first-order valence-electron chi connectivity index (χ1n) is 4.86. The molecule has 0 amide bonds. The Bertz CT molecular complexity index is 254. The van der Waals surface area contributed by atoms with Gasteiger partial charge < -0.3 is 5.32 Å². The van der Waals surface area contributed by atoms with Crippen LogP contribution in [0.15, 0.2) is 12.7 Å². The molecular formula is C10H14F3NO. The van der Waals surface area contributed by atoms with Crippen molar-refractivity contribution in [3.63, 3.8) is 0 Å². The Morgan fingerprint density at radius 3 is 2.60 bits per heavy atom. The summed E-state index contributed by atoms with van der Waals surface area (Å²) >= 11 is 0. The number of carbonyl (C=O) groups is 1. The van der Waals surface area contributed by atoms with Crippen molar-refractivity contribution in [1.29, 1.82) is 0 Å². The summed E-state index contributed by atoms with van der Waals surface area (Å²) in [6, 6.07) is 0. The third-order valence-corrected chi connectivity index (χ3v) is 2.81. The number of ketones is 1. The number of hydrogen-bond acceptors (Lipinski definition) is 2. The molecule has 1 rings (SSSR count). The summed E-state index contributed by atoms with van der Waals surface area (Å²) in [7, 11) is 0. The highest BCUT2D eigenvalue weighted by atomic mass is 19.4. The molecule has 1 aliphatic heterocycles. The molecule has 15 heavy (non-hydrogen) atoms. The van der Waals surface area contributed by atoms with Crippen LogP contribution < -0.4 is 5.32 Å². The first-order valence-corrected chi connectivity index (χ1v) is 4.86. The number of halogens is 3. The second-order valence-corrected chi connectivity index (χ2v) is 3.76. The molecule has 86 valence electrons. The minimum atomic E-state index is -4.45. The summed E-state index contributed by atoms with van der Waals surface area (Å²) in [6.07, 6.45) is -2.91. The molecule has 0 aromatic carbocycles. The van der Waals surface area contributed by atoms with Gasteiger partial charge >= 0.3 is 6.18 Å². The number of hydrogen-bond donors (Lipinski definition) is 1. The van der Waals surface area contributed by atoms with Crippen LogP contribution in [0.3, 0.4) is 0 Å². The minimum absolute atomic E-state index is 0.0787. The van der Waals surface area contributed by atoms with Crippen LogP contribution in [0.25, 0.3) is 0 Å². The molecule has 0 bridgehead atoms. The Morgan fingerprint density at radius 2 is 2.20 bits per heavy atom. The molecule has 1 heterocycles. The monoisotopic (exact) mass is 221 g/mol. The Morgan fingerprint density at radius 1 is 1.53 bits per heavy atom. The Kier molecular flexibility index (Phi) is 3.54. The summed E-state index contributed by atoms with van der Waals surface area (Å²) < 4.78 is 38.4. The van der Waals surface area contributed by atoms with Gasteiger partial charge in [-0.2, -0.15) is 13.2 Å². The average Bonchev–Trinajstić information content (AvgIpc) is 2.62. The first kappa shape index (κ1) is 12.2. The van der Waals surface area contributed by atoms with E-state index in [-0.39, 0.29) is 25.9 Å². The highest BCUT2D eigenvalue weighted by Gasteiger charge is 2.60. The fourth-order valence-corrected chi connectivity index (χ4v) is 1.80. The number of allylic oxidation sites excluding steroid dienone is 1. The molecule has 0 saturated carbocycles. The van der Waals surface area contributed by atoms with Gasteiger partial charge in [0.1, 0.15) is 11.2 Å². The van der Waals surface area contributed by atoms with E-state index >= 15 is 0 Å². The summed E-state index contributed by atoms with van der Waals surface area (Å²) in [4.78, 5) is 11.6. The van der Waals surface area contributed by atoms with Crippen molar-refractivity contribution in [2.45, 2.75) is 25.4 Å². The lowest BCUT2D eigenvalue weighted by molar-refractivity contribution is -0.214. The lowest BCUT2D eigenvalue weighted by Gasteiger charge is -2.29. The lowest BCUT2D eigenvalue weighted by atomic mass is 9.80. The highest BCUT2D eigenvalue weighted by Crippen LogP contribution is 2.44. The van der Waals surface area contributed by atoms with E-state index in [9.17, 15) is 18.0 Å². The van der Waals surface area contributed by atoms with E-state index in [0.29, 0.717) is 6.42 Å². The van der Waals surface area contributed by atoms with Crippen molar-refractivity contribution < 1.29 is 18.0 Å². The van der Waals surface area contributed by atoms with Gasteiger partial charge in [0.05, 0.1) is 0 Å². The summed E-state index contributed by atoms with van der Waals surface area (Å²) in [5.74, 6) is -0.722. The first-order chi connectivity index (χ1) is 6.94. The molecule has 1 N–H and O–H groups in total. The maximum Gasteiger partial charge on any atom is 0.402 e. The SMILES string of the molecule is C=CCCC(=O)C1(C(F)(F)F)CCNC1. The van der Waals surface area contributed by atoms with Crippen molar-refractivity contribution in [1.82, 2.24) is 5.32 Å². The molecule has 1 unspecified atom stereocenters. The predicted octanol–water partition coefficient (Wildman–Crippen LogP) is 2.06. The third-order valence-electron chi connectivity index (χ3n) is 2.81. The van der Waals surface area contributed by atoms with Crippen LogP contribution in [0.5, 0.6) is 0 Å². The second kappa shape index (κ2) is 4.35. The van der Waals surface area contributed by atoms with Gasteiger partial charge in [-0.3, -0.25) is 4.79 Å². The molecule has 1 saturated heterocycles. The van der Waals surface area contributed by atoms with Crippen LogP contribution in [0.1, 0.15) is 19.3 Å². The largest absolute Gasteiger partial charge is 0.402 e. The molecule has 0 radical (unpaired) electrons. The predicted molar refractivity (Wildman–Crippen MR) is 50.4 cm³/mol. The maximum absolute atomic E-state index is 12.8. The number of nitrogens with one attached hydrogen (secondary N) is 1. The van der Waals surface area contributed by atoms with Crippen LogP contribution in [0, 0.1) is 5.41 Å².